The molecule has 0 spiro atoms. The van der Waals surface area contributed by atoms with Gasteiger partial charge in [-0.15, -0.1) is 0 Å². The molecule has 0 radical (unpaired) electrons. The lowest BCUT2D eigenvalue weighted by atomic mass is 10.1. The van der Waals surface area contributed by atoms with Crippen molar-refractivity contribution in [2.75, 3.05) is 6.54 Å². The molecular weight excluding hydrogens is 261 g/mol. The molecule has 0 N–H and O–H groups in total. The van der Waals surface area contributed by atoms with Crippen LogP contribution in [0.3, 0.4) is 0 Å². The first-order valence-corrected chi connectivity index (χ1v) is 6.02. The predicted molar refractivity (Wildman–Crippen MR) is 66.7 cm³/mol. The standard InChI is InChI=1S/C12H11Cl2NO2/c1-6(2)5-15-11(16)7-3-9(13)10(14)4-8(7)12(15)17/h3-4,6H,5H2,1-2H3. The Balaban J connectivity index is 2.46. The molecule has 0 saturated carbocycles. The van der Waals surface area contributed by atoms with Crippen molar-refractivity contribution in [3.63, 3.8) is 0 Å². The van der Waals surface area contributed by atoms with Crippen LogP contribution < -0.4 is 0 Å². The van der Waals surface area contributed by atoms with E-state index in [1.807, 2.05) is 13.8 Å². The number of amides is 2. The van der Waals surface area contributed by atoms with Crippen molar-refractivity contribution in [2.24, 2.45) is 5.92 Å². The van der Waals surface area contributed by atoms with Crippen LogP contribution in [-0.4, -0.2) is 23.3 Å². The summed E-state index contributed by atoms with van der Waals surface area (Å²) in [4.78, 5) is 25.3. The van der Waals surface area contributed by atoms with Gasteiger partial charge in [-0.05, 0) is 18.1 Å². The third kappa shape index (κ3) is 2.05. The van der Waals surface area contributed by atoms with Crippen molar-refractivity contribution < 1.29 is 9.59 Å². The van der Waals surface area contributed by atoms with E-state index in [1.165, 1.54) is 17.0 Å². The third-order valence-electron chi connectivity index (χ3n) is 2.56. The maximum atomic E-state index is 12.0. The first-order chi connectivity index (χ1) is 7.91. The Morgan fingerprint density at radius 1 is 1.06 bits per heavy atom. The Morgan fingerprint density at radius 3 is 1.82 bits per heavy atom. The number of hydrogen-bond acceptors (Lipinski definition) is 2. The van der Waals surface area contributed by atoms with E-state index in [0.717, 1.165) is 0 Å². The fraction of sp³-hybridized carbons (Fsp3) is 0.333. The summed E-state index contributed by atoms with van der Waals surface area (Å²) in [7, 11) is 0. The number of benzene rings is 1. The summed E-state index contributed by atoms with van der Waals surface area (Å²) in [6.07, 6.45) is 0. The molecular formula is C12H11Cl2NO2. The zero-order valence-corrected chi connectivity index (χ0v) is 11.0. The predicted octanol–water partition coefficient (Wildman–Crippen LogP) is 3.25. The van der Waals surface area contributed by atoms with Crippen LogP contribution in [0.15, 0.2) is 12.1 Å². The Labute approximate surface area is 109 Å². The molecule has 0 fully saturated rings. The van der Waals surface area contributed by atoms with Crippen molar-refractivity contribution in [3.8, 4) is 0 Å². The Hall–Kier alpha value is -1.06. The van der Waals surface area contributed by atoms with Gasteiger partial charge in [0.05, 0.1) is 21.2 Å². The van der Waals surface area contributed by atoms with Crippen molar-refractivity contribution in [2.45, 2.75) is 13.8 Å². The van der Waals surface area contributed by atoms with E-state index in [2.05, 4.69) is 0 Å². The highest BCUT2D eigenvalue weighted by Gasteiger charge is 2.36. The minimum atomic E-state index is -0.294. The SMILES string of the molecule is CC(C)CN1C(=O)c2cc(Cl)c(Cl)cc2C1=O. The number of carbonyl (C=O) groups excluding carboxylic acids is 2. The summed E-state index contributed by atoms with van der Waals surface area (Å²) >= 11 is 11.7. The maximum absolute atomic E-state index is 12.0. The van der Waals surface area contributed by atoms with E-state index in [4.69, 9.17) is 23.2 Å². The van der Waals surface area contributed by atoms with Gasteiger partial charge in [-0.2, -0.15) is 0 Å². The van der Waals surface area contributed by atoms with Crippen molar-refractivity contribution in [1.29, 1.82) is 0 Å². The molecule has 1 aliphatic rings. The molecule has 0 bridgehead atoms. The average Bonchev–Trinajstić information content (AvgIpc) is 2.45. The van der Waals surface area contributed by atoms with Crippen LogP contribution in [0.4, 0.5) is 0 Å². The van der Waals surface area contributed by atoms with Gasteiger partial charge in [0.1, 0.15) is 0 Å². The third-order valence-corrected chi connectivity index (χ3v) is 3.28. The number of rotatable bonds is 2. The van der Waals surface area contributed by atoms with Crippen LogP contribution in [0.2, 0.25) is 10.0 Å². The molecule has 1 aliphatic heterocycles. The van der Waals surface area contributed by atoms with Crippen LogP contribution in [0.1, 0.15) is 34.6 Å². The molecule has 0 atom stereocenters. The minimum Gasteiger partial charge on any atom is -0.274 e. The van der Waals surface area contributed by atoms with Crippen molar-refractivity contribution in [1.82, 2.24) is 4.90 Å². The second kappa shape index (κ2) is 4.31. The lowest BCUT2D eigenvalue weighted by Gasteiger charge is -2.15. The quantitative estimate of drug-likeness (QED) is 0.775. The lowest BCUT2D eigenvalue weighted by Crippen LogP contribution is -2.33. The maximum Gasteiger partial charge on any atom is 0.261 e. The summed E-state index contributed by atoms with van der Waals surface area (Å²) < 4.78 is 0. The highest BCUT2D eigenvalue weighted by atomic mass is 35.5. The Kier molecular flexibility index (Phi) is 3.15. The Morgan fingerprint density at radius 2 is 1.47 bits per heavy atom. The molecule has 90 valence electrons. The molecule has 1 heterocycles. The first kappa shape index (κ1) is 12.4. The summed E-state index contributed by atoms with van der Waals surface area (Å²) in [6, 6.07) is 2.92. The molecule has 5 heteroatoms. The van der Waals surface area contributed by atoms with Gasteiger partial charge >= 0.3 is 0 Å². The highest BCUT2D eigenvalue weighted by molar-refractivity contribution is 6.43. The first-order valence-electron chi connectivity index (χ1n) is 5.27. The van der Waals surface area contributed by atoms with E-state index in [0.29, 0.717) is 17.7 Å². The molecule has 3 nitrogen and oxygen atoms in total. The molecule has 0 unspecified atom stereocenters. The van der Waals surface area contributed by atoms with Crippen LogP contribution >= 0.6 is 23.2 Å². The van der Waals surface area contributed by atoms with Crippen LogP contribution in [0, 0.1) is 5.92 Å². The van der Waals surface area contributed by atoms with Crippen LogP contribution in [0.5, 0.6) is 0 Å². The molecule has 0 aliphatic carbocycles. The van der Waals surface area contributed by atoms with Crippen LogP contribution in [-0.2, 0) is 0 Å². The lowest BCUT2D eigenvalue weighted by molar-refractivity contribution is 0.0636. The van der Waals surface area contributed by atoms with Crippen molar-refractivity contribution in [3.05, 3.63) is 33.3 Å². The smallest absolute Gasteiger partial charge is 0.261 e. The van der Waals surface area contributed by atoms with E-state index in [1.54, 1.807) is 0 Å². The average molecular weight is 272 g/mol. The normalized spacial score (nSPS) is 14.8. The van der Waals surface area contributed by atoms with Gasteiger partial charge in [-0.3, -0.25) is 14.5 Å². The van der Waals surface area contributed by atoms with Gasteiger partial charge in [0.15, 0.2) is 0 Å². The topological polar surface area (TPSA) is 37.4 Å². The van der Waals surface area contributed by atoms with Gasteiger partial charge in [0, 0.05) is 6.54 Å². The van der Waals surface area contributed by atoms with E-state index >= 15 is 0 Å². The van der Waals surface area contributed by atoms with Gasteiger partial charge in [0.2, 0.25) is 0 Å². The number of hydrogen-bond donors (Lipinski definition) is 0. The molecule has 2 rings (SSSR count). The zero-order chi connectivity index (χ0) is 12.7. The number of imide groups is 1. The van der Waals surface area contributed by atoms with Gasteiger partial charge in [-0.25, -0.2) is 0 Å². The highest BCUT2D eigenvalue weighted by Crippen LogP contribution is 2.31. The largest absolute Gasteiger partial charge is 0.274 e. The van der Waals surface area contributed by atoms with Gasteiger partial charge in [0.25, 0.3) is 11.8 Å². The molecule has 1 aromatic rings. The summed E-state index contributed by atoms with van der Waals surface area (Å²) in [6.45, 7) is 4.30. The monoisotopic (exact) mass is 271 g/mol. The summed E-state index contributed by atoms with van der Waals surface area (Å²) in [5.41, 5.74) is 0.676. The number of carbonyl (C=O) groups is 2. The Bertz CT molecular complexity index is 470. The number of halogens is 2. The molecule has 1 aromatic carbocycles. The fourth-order valence-electron chi connectivity index (χ4n) is 1.81. The molecule has 0 saturated heterocycles. The molecule has 0 aromatic heterocycles. The van der Waals surface area contributed by atoms with Gasteiger partial charge < -0.3 is 0 Å². The van der Waals surface area contributed by atoms with E-state index in [-0.39, 0.29) is 27.8 Å². The zero-order valence-electron chi connectivity index (χ0n) is 9.46. The van der Waals surface area contributed by atoms with Crippen molar-refractivity contribution >= 4 is 35.0 Å². The summed E-state index contributed by atoms with van der Waals surface area (Å²) in [5, 5.41) is 0.580. The van der Waals surface area contributed by atoms with E-state index < -0.39 is 0 Å². The molecule has 2 amide bonds. The fourth-order valence-corrected chi connectivity index (χ4v) is 2.14. The van der Waals surface area contributed by atoms with E-state index in [9.17, 15) is 9.59 Å². The van der Waals surface area contributed by atoms with Crippen LogP contribution in [0.25, 0.3) is 0 Å². The number of nitrogens with zero attached hydrogens (tertiary/aromatic N) is 1. The summed E-state index contributed by atoms with van der Waals surface area (Å²) in [5.74, 6) is -0.363. The number of fused-ring (bicyclic) bond motifs is 1. The second-order valence-corrected chi connectivity index (χ2v) is 5.24. The van der Waals surface area contributed by atoms with Gasteiger partial charge in [-0.1, -0.05) is 37.0 Å². The second-order valence-electron chi connectivity index (χ2n) is 4.43. The minimum absolute atomic E-state index is 0.225. The molecule has 17 heavy (non-hydrogen) atoms.